The molecule has 118 valence electrons. The van der Waals surface area contributed by atoms with Gasteiger partial charge in [-0.15, -0.1) is 11.8 Å². The fraction of sp³-hybridized carbons (Fsp3) is 0.533. The smallest absolute Gasteiger partial charge is 0.237 e. The molecule has 3 nitrogen and oxygen atoms in total. The molecular weight excluding hydrogens is 294 g/mol. The van der Waals surface area contributed by atoms with Gasteiger partial charge >= 0.3 is 0 Å². The fourth-order valence-electron chi connectivity index (χ4n) is 2.04. The van der Waals surface area contributed by atoms with Crippen molar-refractivity contribution in [2.24, 2.45) is 5.73 Å². The number of thioether (sulfide) groups is 1. The molecule has 0 fully saturated rings. The summed E-state index contributed by atoms with van der Waals surface area (Å²) in [5.74, 6) is -0.544. The maximum absolute atomic E-state index is 13.4. The molecule has 0 saturated heterocycles. The Balaban J connectivity index is 2.37. The van der Waals surface area contributed by atoms with Gasteiger partial charge in [-0.1, -0.05) is 13.3 Å². The number of primary amides is 1. The second kappa shape index (κ2) is 8.34. The van der Waals surface area contributed by atoms with E-state index in [0.29, 0.717) is 23.6 Å². The largest absolute Gasteiger partial charge is 0.368 e. The third-order valence-corrected chi connectivity index (χ3v) is 4.45. The highest BCUT2D eigenvalue weighted by atomic mass is 32.2. The van der Waals surface area contributed by atoms with Crippen molar-refractivity contribution >= 4 is 17.7 Å². The number of nitrogens with two attached hydrogens (primary N) is 1. The van der Waals surface area contributed by atoms with Crippen LogP contribution in [0.1, 0.15) is 33.1 Å². The first-order valence-corrected chi connectivity index (χ1v) is 8.00. The molecule has 1 aromatic rings. The van der Waals surface area contributed by atoms with Crippen molar-refractivity contribution in [2.75, 3.05) is 12.3 Å². The maximum Gasteiger partial charge on any atom is 0.237 e. The van der Waals surface area contributed by atoms with Crippen LogP contribution < -0.4 is 11.1 Å². The number of halogens is 2. The third kappa shape index (κ3) is 5.63. The van der Waals surface area contributed by atoms with Crippen LogP contribution >= 0.6 is 11.8 Å². The van der Waals surface area contributed by atoms with Gasteiger partial charge in [-0.2, -0.15) is 0 Å². The van der Waals surface area contributed by atoms with Crippen molar-refractivity contribution < 1.29 is 13.6 Å². The number of nitrogens with one attached hydrogen (secondary N) is 1. The maximum atomic E-state index is 13.4. The molecule has 0 aliphatic carbocycles. The molecule has 0 spiro atoms. The standard InChI is InChI=1S/C15H22F2N2OS/c1-3-19-15(2,14(18)20)8-4-5-9-21-13-10-11(16)6-7-12(13)17/h6-7,10,19H,3-5,8-9H2,1-2H3,(H2,18,20). The zero-order chi connectivity index (χ0) is 15.9. The molecule has 1 amide bonds. The SMILES string of the molecule is CCNC(C)(CCCCSc1cc(F)ccc1F)C(N)=O. The molecule has 0 aliphatic heterocycles. The Morgan fingerprint density at radius 2 is 2.10 bits per heavy atom. The Morgan fingerprint density at radius 3 is 2.71 bits per heavy atom. The number of carbonyl (C=O) groups excluding carboxylic acids is 1. The molecule has 0 aromatic heterocycles. The first kappa shape index (κ1) is 17.9. The minimum absolute atomic E-state index is 0.319. The predicted molar refractivity (Wildman–Crippen MR) is 82.2 cm³/mol. The van der Waals surface area contributed by atoms with E-state index >= 15 is 0 Å². The van der Waals surface area contributed by atoms with E-state index in [1.165, 1.54) is 17.8 Å². The Labute approximate surface area is 128 Å². The molecule has 1 unspecified atom stereocenters. The lowest BCUT2D eigenvalue weighted by Crippen LogP contribution is -2.52. The number of unbranched alkanes of at least 4 members (excludes halogenated alkanes) is 1. The molecular formula is C15H22F2N2OS. The molecule has 0 saturated carbocycles. The number of carbonyl (C=O) groups is 1. The van der Waals surface area contributed by atoms with Crippen molar-refractivity contribution in [3.63, 3.8) is 0 Å². The highest BCUT2D eigenvalue weighted by molar-refractivity contribution is 7.99. The highest BCUT2D eigenvalue weighted by Gasteiger charge is 2.28. The van der Waals surface area contributed by atoms with E-state index in [2.05, 4.69) is 5.32 Å². The van der Waals surface area contributed by atoms with Gasteiger partial charge in [0.15, 0.2) is 0 Å². The molecule has 0 aliphatic rings. The minimum Gasteiger partial charge on any atom is -0.368 e. The van der Waals surface area contributed by atoms with Crippen LogP contribution in [0.25, 0.3) is 0 Å². The summed E-state index contributed by atoms with van der Waals surface area (Å²) in [6.45, 7) is 4.38. The van der Waals surface area contributed by atoms with E-state index in [9.17, 15) is 13.6 Å². The monoisotopic (exact) mass is 316 g/mol. The van der Waals surface area contributed by atoms with E-state index in [-0.39, 0.29) is 5.91 Å². The molecule has 21 heavy (non-hydrogen) atoms. The predicted octanol–water partition coefficient (Wildman–Crippen LogP) is 3.08. The number of hydrogen-bond acceptors (Lipinski definition) is 3. The van der Waals surface area contributed by atoms with Crippen LogP contribution in [0.2, 0.25) is 0 Å². The molecule has 0 radical (unpaired) electrons. The van der Waals surface area contributed by atoms with Gasteiger partial charge in [0, 0.05) is 4.90 Å². The van der Waals surface area contributed by atoms with E-state index in [0.717, 1.165) is 25.0 Å². The van der Waals surface area contributed by atoms with E-state index in [4.69, 9.17) is 5.73 Å². The number of amides is 1. The van der Waals surface area contributed by atoms with E-state index < -0.39 is 17.2 Å². The first-order valence-electron chi connectivity index (χ1n) is 7.02. The van der Waals surface area contributed by atoms with Crippen molar-refractivity contribution in [1.29, 1.82) is 0 Å². The normalized spacial score (nSPS) is 13.9. The van der Waals surface area contributed by atoms with Gasteiger partial charge in [0.2, 0.25) is 5.91 Å². The average Bonchev–Trinajstić information content (AvgIpc) is 2.42. The summed E-state index contributed by atoms with van der Waals surface area (Å²) in [4.78, 5) is 11.8. The Kier molecular flexibility index (Phi) is 7.11. The van der Waals surface area contributed by atoms with Crippen LogP contribution in [0.4, 0.5) is 8.78 Å². The summed E-state index contributed by atoms with van der Waals surface area (Å²) in [6, 6.07) is 3.44. The van der Waals surface area contributed by atoms with Gasteiger partial charge in [-0.25, -0.2) is 8.78 Å². The zero-order valence-corrected chi connectivity index (χ0v) is 13.2. The molecule has 3 N–H and O–H groups in total. The Bertz CT molecular complexity index is 485. The summed E-state index contributed by atoms with van der Waals surface area (Å²) >= 11 is 1.28. The first-order chi connectivity index (χ1) is 9.89. The summed E-state index contributed by atoms with van der Waals surface area (Å²) in [5, 5.41) is 3.09. The molecule has 0 heterocycles. The summed E-state index contributed by atoms with van der Waals surface area (Å²) < 4.78 is 26.4. The van der Waals surface area contributed by atoms with Crippen LogP contribution in [0.5, 0.6) is 0 Å². The topological polar surface area (TPSA) is 55.1 Å². The fourth-order valence-corrected chi connectivity index (χ4v) is 3.01. The van der Waals surface area contributed by atoms with Crippen molar-refractivity contribution in [3.8, 4) is 0 Å². The van der Waals surface area contributed by atoms with Gasteiger partial charge in [-0.05, 0) is 50.3 Å². The highest BCUT2D eigenvalue weighted by Crippen LogP contribution is 2.24. The number of rotatable bonds is 9. The van der Waals surface area contributed by atoms with Crippen LogP contribution in [-0.4, -0.2) is 23.7 Å². The quantitative estimate of drug-likeness (QED) is 0.544. The third-order valence-electron chi connectivity index (χ3n) is 3.33. The lowest BCUT2D eigenvalue weighted by Gasteiger charge is -2.26. The van der Waals surface area contributed by atoms with Crippen LogP contribution in [0, 0.1) is 11.6 Å². The molecule has 1 aromatic carbocycles. The van der Waals surface area contributed by atoms with Crippen molar-refractivity contribution in [1.82, 2.24) is 5.32 Å². The molecule has 1 atom stereocenters. The lowest BCUT2D eigenvalue weighted by molar-refractivity contribution is -0.124. The van der Waals surface area contributed by atoms with Gasteiger partial charge in [0.05, 0.1) is 5.54 Å². The minimum atomic E-state index is -0.705. The van der Waals surface area contributed by atoms with E-state index in [1.54, 1.807) is 6.92 Å². The number of hydrogen-bond donors (Lipinski definition) is 2. The van der Waals surface area contributed by atoms with E-state index in [1.807, 2.05) is 6.92 Å². The van der Waals surface area contributed by atoms with Gasteiger partial charge in [-0.3, -0.25) is 4.79 Å². The molecule has 6 heteroatoms. The summed E-state index contributed by atoms with van der Waals surface area (Å²) in [7, 11) is 0. The Morgan fingerprint density at radius 1 is 1.38 bits per heavy atom. The molecule has 0 bridgehead atoms. The number of benzene rings is 1. The Hall–Kier alpha value is -1.14. The zero-order valence-electron chi connectivity index (χ0n) is 12.4. The van der Waals surface area contributed by atoms with Gasteiger partial charge < -0.3 is 11.1 Å². The number of likely N-dealkylation sites (N-methyl/N-ethyl adjacent to an activating group) is 1. The summed E-state index contributed by atoms with van der Waals surface area (Å²) in [6.07, 6.45) is 2.22. The van der Waals surface area contributed by atoms with Crippen molar-refractivity contribution in [2.45, 2.75) is 43.5 Å². The second-order valence-corrected chi connectivity index (χ2v) is 6.24. The average molecular weight is 316 g/mol. The van der Waals surface area contributed by atoms with Crippen LogP contribution in [0.15, 0.2) is 23.1 Å². The molecule has 1 rings (SSSR count). The van der Waals surface area contributed by atoms with Gasteiger partial charge in [0.25, 0.3) is 0 Å². The van der Waals surface area contributed by atoms with Gasteiger partial charge in [0.1, 0.15) is 11.6 Å². The summed E-state index contributed by atoms with van der Waals surface area (Å²) in [5.41, 5.74) is 4.70. The van der Waals surface area contributed by atoms with Crippen LogP contribution in [-0.2, 0) is 4.79 Å². The van der Waals surface area contributed by atoms with Crippen molar-refractivity contribution in [3.05, 3.63) is 29.8 Å². The lowest BCUT2D eigenvalue weighted by atomic mass is 9.94. The van der Waals surface area contributed by atoms with Crippen LogP contribution in [0.3, 0.4) is 0 Å². The second-order valence-electron chi connectivity index (χ2n) is 5.11.